The summed E-state index contributed by atoms with van der Waals surface area (Å²) in [7, 11) is 0. The Bertz CT molecular complexity index is 490. The fourth-order valence-corrected chi connectivity index (χ4v) is 4.96. The van der Waals surface area contributed by atoms with Gasteiger partial charge in [-0.15, -0.1) is 0 Å². The highest BCUT2D eigenvalue weighted by Crippen LogP contribution is 2.55. The molecule has 1 spiro atoms. The Morgan fingerprint density at radius 3 is 2.60 bits per heavy atom. The summed E-state index contributed by atoms with van der Waals surface area (Å²) < 4.78 is 0. The predicted octanol–water partition coefficient (Wildman–Crippen LogP) is 3.49. The molecule has 3 aliphatic rings. The van der Waals surface area contributed by atoms with Crippen molar-refractivity contribution < 1.29 is 0 Å². The summed E-state index contributed by atoms with van der Waals surface area (Å²) in [4.78, 5) is 2.68. The molecular weight excluding hydrogens is 244 g/mol. The molecule has 4 rings (SSSR count). The Kier molecular flexibility index (Phi) is 3.03. The summed E-state index contributed by atoms with van der Waals surface area (Å²) >= 11 is 0. The van der Waals surface area contributed by atoms with Gasteiger partial charge >= 0.3 is 0 Å². The molecule has 0 radical (unpaired) electrons. The van der Waals surface area contributed by atoms with Crippen molar-refractivity contribution in [1.29, 1.82) is 0 Å². The van der Waals surface area contributed by atoms with Crippen LogP contribution in [0.1, 0.15) is 50.5 Å². The first-order valence-electron chi connectivity index (χ1n) is 8.39. The van der Waals surface area contributed by atoms with E-state index in [0.29, 0.717) is 11.5 Å². The van der Waals surface area contributed by atoms with Crippen LogP contribution in [0.2, 0.25) is 0 Å². The Morgan fingerprint density at radius 2 is 1.85 bits per heavy atom. The van der Waals surface area contributed by atoms with Gasteiger partial charge in [-0.3, -0.25) is 0 Å². The second kappa shape index (κ2) is 4.77. The molecule has 1 aromatic rings. The van der Waals surface area contributed by atoms with Crippen LogP contribution in [0.5, 0.6) is 0 Å². The van der Waals surface area contributed by atoms with Gasteiger partial charge in [0.25, 0.3) is 0 Å². The number of fused-ring (bicyclic) bond motifs is 1. The molecule has 0 aromatic heterocycles. The van der Waals surface area contributed by atoms with Crippen LogP contribution in [0, 0.1) is 5.41 Å². The minimum atomic E-state index is 0.311. The highest BCUT2D eigenvalue weighted by atomic mass is 15.2. The Hall–Kier alpha value is -1.02. The Labute approximate surface area is 122 Å². The smallest absolute Gasteiger partial charge is 0.0402 e. The molecule has 2 atom stereocenters. The van der Waals surface area contributed by atoms with Crippen LogP contribution < -0.4 is 10.6 Å². The molecule has 2 saturated carbocycles. The van der Waals surface area contributed by atoms with Crippen molar-refractivity contribution in [3.63, 3.8) is 0 Å². The monoisotopic (exact) mass is 270 g/mol. The van der Waals surface area contributed by atoms with Gasteiger partial charge in [0, 0.05) is 24.3 Å². The molecular formula is C18H26N2. The van der Waals surface area contributed by atoms with E-state index in [4.69, 9.17) is 5.73 Å². The zero-order chi connectivity index (χ0) is 13.6. The van der Waals surface area contributed by atoms with Crippen molar-refractivity contribution in [1.82, 2.24) is 0 Å². The number of rotatable bonds is 1. The van der Waals surface area contributed by atoms with Gasteiger partial charge in [0.1, 0.15) is 0 Å². The molecule has 2 unspecified atom stereocenters. The van der Waals surface area contributed by atoms with Crippen molar-refractivity contribution in [3.8, 4) is 0 Å². The fourth-order valence-electron chi connectivity index (χ4n) is 4.96. The van der Waals surface area contributed by atoms with E-state index in [0.717, 1.165) is 19.0 Å². The van der Waals surface area contributed by atoms with Crippen LogP contribution in [-0.2, 0) is 6.42 Å². The molecule has 2 fully saturated rings. The topological polar surface area (TPSA) is 29.3 Å². The van der Waals surface area contributed by atoms with Crippen molar-refractivity contribution in [2.45, 2.75) is 63.5 Å². The molecule has 0 bridgehead atoms. The van der Waals surface area contributed by atoms with E-state index < -0.39 is 0 Å². The standard InChI is InChI=1S/C18H26N2/c19-15-12-14-6-2-3-7-16(14)20(13-15)17-8-11-18(17)9-4-1-5-10-18/h2-3,6-7,15,17H,1,4-5,8-13,19H2. The van der Waals surface area contributed by atoms with Gasteiger partial charge in [0.2, 0.25) is 0 Å². The number of para-hydroxylation sites is 1. The number of anilines is 1. The molecule has 1 heterocycles. The maximum atomic E-state index is 6.33. The molecule has 20 heavy (non-hydrogen) atoms. The van der Waals surface area contributed by atoms with Gasteiger partial charge in [0.05, 0.1) is 0 Å². The third-order valence-electron chi connectivity index (χ3n) is 6.06. The molecule has 1 aliphatic heterocycles. The summed E-state index contributed by atoms with van der Waals surface area (Å²) in [6.07, 6.45) is 11.1. The average molecular weight is 270 g/mol. The van der Waals surface area contributed by atoms with Crippen LogP contribution in [-0.4, -0.2) is 18.6 Å². The van der Waals surface area contributed by atoms with Crippen LogP contribution in [0.15, 0.2) is 24.3 Å². The van der Waals surface area contributed by atoms with Gasteiger partial charge in [-0.05, 0) is 49.1 Å². The lowest BCUT2D eigenvalue weighted by atomic mass is 9.56. The highest BCUT2D eigenvalue weighted by molar-refractivity contribution is 5.58. The quantitative estimate of drug-likeness (QED) is 0.846. The second-order valence-corrected chi connectivity index (χ2v) is 7.22. The van der Waals surface area contributed by atoms with Gasteiger partial charge in [-0.2, -0.15) is 0 Å². The Balaban J connectivity index is 1.65. The molecule has 2 aliphatic carbocycles. The summed E-state index contributed by atoms with van der Waals surface area (Å²) in [6, 6.07) is 10.0. The first-order chi connectivity index (χ1) is 9.78. The number of nitrogens with zero attached hydrogens (tertiary/aromatic N) is 1. The zero-order valence-electron chi connectivity index (χ0n) is 12.4. The molecule has 108 valence electrons. The zero-order valence-corrected chi connectivity index (χ0v) is 12.4. The van der Waals surface area contributed by atoms with Crippen molar-refractivity contribution in [2.24, 2.45) is 11.1 Å². The maximum Gasteiger partial charge on any atom is 0.0402 e. The van der Waals surface area contributed by atoms with Gasteiger partial charge < -0.3 is 10.6 Å². The SMILES string of the molecule is NC1Cc2ccccc2N(C2CCC23CCCCC3)C1. The van der Waals surface area contributed by atoms with Crippen molar-refractivity contribution in [3.05, 3.63) is 29.8 Å². The van der Waals surface area contributed by atoms with E-state index >= 15 is 0 Å². The van der Waals surface area contributed by atoms with Gasteiger partial charge in [-0.25, -0.2) is 0 Å². The number of hydrogen-bond acceptors (Lipinski definition) is 2. The summed E-state index contributed by atoms with van der Waals surface area (Å²) in [5.74, 6) is 0. The molecule has 0 saturated heterocycles. The highest BCUT2D eigenvalue weighted by Gasteiger charge is 2.50. The van der Waals surface area contributed by atoms with Gasteiger partial charge in [0.15, 0.2) is 0 Å². The lowest BCUT2D eigenvalue weighted by Crippen LogP contribution is -2.60. The summed E-state index contributed by atoms with van der Waals surface area (Å²) in [5, 5.41) is 0. The van der Waals surface area contributed by atoms with E-state index in [1.54, 1.807) is 0 Å². The van der Waals surface area contributed by atoms with E-state index in [1.807, 2.05) is 0 Å². The van der Waals surface area contributed by atoms with E-state index in [1.165, 1.54) is 56.2 Å². The summed E-state index contributed by atoms with van der Waals surface area (Å²) in [5.41, 5.74) is 9.90. The van der Waals surface area contributed by atoms with Crippen LogP contribution in [0.25, 0.3) is 0 Å². The molecule has 2 heteroatoms. The van der Waals surface area contributed by atoms with Crippen molar-refractivity contribution in [2.75, 3.05) is 11.4 Å². The number of nitrogens with two attached hydrogens (primary N) is 1. The first-order valence-corrected chi connectivity index (χ1v) is 8.39. The third kappa shape index (κ3) is 1.88. The van der Waals surface area contributed by atoms with Crippen LogP contribution in [0.4, 0.5) is 5.69 Å². The van der Waals surface area contributed by atoms with E-state index in [2.05, 4.69) is 29.2 Å². The largest absolute Gasteiger partial charge is 0.366 e. The van der Waals surface area contributed by atoms with Crippen molar-refractivity contribution >= 4 is 5.69 Å². The van der Waals surface area contributed by atoms with E-state index in [-0.39, 0.29) is 0 Å². The number of benzene rings is 1. The molecule has 1 aromatic carbocycles. The maximum absolute atomic E-state index is 6.33. The molecule has 2 N–H and O–H groups in total. The molecule has 2 nitrogen and oxygen atoms in total. The lowest BCUT2D eigenvalue weighted by molar-refractivity contribution is 0.0387. The van der Waals surface area contributed by atoms with E-state index in [9.17, 15) is 0 Å². The second-order valence-electron chi connectivity index (χ2n) is 7.22. The minimum absolute atomic E-state index is 0.311. The molecule has 0 amide bonds. The summed E-state index contributed by atoms with van der Waals surface area (Å²) in [6.45, 7) is 1.06. The predicted molar refractivity (Wildman–Crippen MR) is 84.0 cm³/mol. The van der Waals surface area contributed by atoms with Crippen LogP contribution >= 0.6 is 0 Å². The minimum Gasteiger partial charge on any atom is -0.366 e. The first kappa shape index (κ1) is 12.7. The van der Waals surface area contributed by atoms with Crippen LogP contribution in [0.3, 0.4) is 0 Å². The average Bonchev–Trinajstić information content (AvgIpc) is 2.47. The number of hydrogen-bond donors (Lipinski definition) is 1. The fraction of sp³-hybridized carbons (Fsp3) is 0.667. The Morgan fingerprint density at radius 1 is 1.05 bits per heavy atom. The van der Waals surface area contributed by atoms with Gasteiger partial charge in [-0.1, -0.05) is 37.5 Å². The third-order valence-corrected chi connectivity index (χ3v) is 6.06. The normalized spacial score (nSPS) is 31.8. The lowest BCUT2D eigenvalue weighted by Gasteiger charge is -2.58.